The maximum Gasteiger partial charge on any atom is 0.416 e. The molecule has 4 aromatic carbocycles. The van der Waals surface area contributed by atoms with Crippen molar-refractivity contribution in [3.05, 3.63) is 148 Å². The number of aromatic amines is 2. The molecule has 0 aliphatic heterocycles. The lowest BCUT2D eigenvalue weighted by molar-refractivity contribution is -0.383. The molecular weight excluding hydrogens is 718 g/mol. The lowest BCUT2D eigenvalue weighted by Crippen LogP contribution is -2.21. The smallest absolute Gasteiger partial charge is 0.416 e. The molecule has 272 valence electrons. The number of nitro groups is 2. The Hall–Kier alpha value is -6.85. The number of hydrogen-bond acceptors (Lipinski definition) is 8. The van der Waals surface area contributed by atoms with E-state index in [9.17, 15) is 61.0 Å². The Balaban J connectivity index is 0.000000208. The molecule has 0 amide bonds. The fraction of sp³-hybridized carbons (Fsp3) is 0.114. The number of carbonyl (C=O) groups excluding carboxylic acids is 1. The number of halogens is 6. The van der Waals surface area contributed by atoms with Crippen LogP contribution in [-0.2, 0) is 17.1 Å². The van der Waals surface area contributed by atoms with Gasteiger partial charge in [0.05, 0.1) is 44.0 Å². The number of alkyl halides is 6. The summed E-state index contributed by atoms with van der Waals surface area (Å²) >= 11 is 0. The van der Waals surface area contributed by atoms with Gasteiger partial charge in [-0.15, -0.1) is 0 Å². The van der Waals surface area contributed by atoms with E-state index in [0.29, 0.717) is 0 Å². The van der Waals surface area contributed by atoms with E-state index in [4.69, 9.17) is 4.74 Å². The monoisotopic (exact) mass is 740 g/mol. The number of benzene rings is 4. The van der Waals surface area contributed by atoms with Gasteiger partial charge < -0.3 is 14.7 Å². The molecule has 6 aromatic rings. The molecule has 0 spiro atoms. The van der Waals surface area contributed by atoms with Crippen molar-refractivity contribution >= 4 is 39.1 Å². The van der Waals surface area contributed by atoms with E-state index in [-0.39, 0.29) is 56.6 Å². The Bertz CT molecular complexity index is 2540. The van der Waals surface area contributed by atoms with Crippen LogP contribution in [0.1, 0.15) is 28.4 Å². The molecule has 12 nitrogen and oxygen atoms in total. The molecule has 0 aliphatic rings. The van der Waals surface area contributed by atoms with Crippen LogP contribution in [0.25, 0.3) is 44.3 Å². The Morgan fingerprint density at radius 3 is 1.72 bits per heavy atom. The molecule has 6 rings (SSSR count). The van der Waals surface area contributed by atoms with E-state index >= 15 is 0 Å². The second kappa shape index (κ2) is 14.4. The second-order valence-electron chi connectivity index (χ2n) is 11.0. The molecule has 0 saturated carbocycles. The third-order valence-electron chi connectivity index (χ3n) is 7.71. The number of nitro benzene ring substituents is 2. The number of nitrogens with zero attached hydrogens (tertiary/aromatic N) is 2. The topological polar surface area (TPSA) is 178 Å². The Morgan fingerprint density at radius 1 is 0.698 bits per heavy atom. The molecule has 0 bridgehead atoms. The largest absolute Gasteiger partial charge is 0.462 e. The summed E-state index contributed by atoms with van der Waals surface area (Å²) in [5.74, 6) is -1.05. The number of ether oxygens (including phenoxy) is 1. The summed E-state index contributed by atoms with van der Waals surface area (Å²) in [6, 6.07) is 17.1. The van der Waals surface area contributed by atoms with Gasteiger partial charge in [-0.2, -0.15) is 26.3 Å². The number of rotatable bonds is 6. The predicted octanol–water partition coefficient (Wildman–Crippen LogP) is 8.42. The van der Waals surface area contributed by atoms with Gasteiger partial charge in [0.25, 0.3) is 11.4 Å². The van der Waals surface area contributed by atoms with Crippen molar-refractivity contribution in [2.45, 2.75) is 19.3 Å². The quantitative estimate of drug-likeness (QED) is 0.0739. The van der Waals surface area contributed by atoms with Crippen LogP contribution in [0.3, 0.4) is 0 Å². The van der Waals surface area contributed by atoms with Crippen LogP contribution in [0.5, 0.6) is 0 Å². The van der Waals surface area contributed by atoms with Gasteiger partial charge in [-0.25, -0.2) is 4.79 Å². The Morgan fingerprint density at radius 2 is 1.19 bits per heavy atom. The standard InChI is InChI=1S/C19H13F3N2O5.C16H9F3N2O3/c1-2-29-18(26)14-15(10-5-3-6-11(9-10)19(20,21)22)23-16-12(17(14)25)7-4-8-13(16)24(27)28;17-16(18,19)10-4-1-3-9(7-10)12-8-14(22)11-5-2-6-13(21(23)24)15(11)20-12/h3-9H,2H2,1H3,(H,23,25);1-8H,(H,20,22). The minimum atomic E-state index is -4.66. The molecule has 2 N–H and O–H groups in total. The van der Waals surface area contributed by atoms with Gasteiger partial charge in [-0.1, -0.05) is 36.4 Å². The summed E-state index contributed by atoms with van der Waals surface area (Å²) in [6.45, 7) is 1.43. The summed E-state index contributed by atoms with van der Waals surface area (Å²) in [5.41, 5.74) is -5.05. The maximum atomic E-state index is 13.1. The average Bonchev–Trinajstić information content (AvgIpc) is 3.10. The van der Waals surface area contributed by atoms with Crippen molar-refractivity contribution in [1.29, 1.82) is 0 Å². The van der Waals surface area contributed by atoms with Gasteiger partial charge in [0.1, 0.15) is 16.6 Å². The average molecular weight is 741 g/mol. The fourth-order valence-electron chi connectivity index (χ4n) is 5.34. The molecule has 0 radical (unpaired) electrons. The zero-order valence-electron chi connectivity index (χ0n) is 26.8. The van der Waals surface area contributed by atoms with E-state index in [0.717, 1.165) is 42.5 Å². The maximum absolute atomic E-state index is 13.1. The van der Waals surface area contributed by atoms with Crippen LogP contribution in [0, 0.1) is 20.2 Å². The first-order valence-corrected chi connectivity index (χ1v) is 15.1. The molecule has 0 saturated heterocycles. The highest BCUT2D eigenvalue weighted by molar-refractivity contribution is 6.01. The fourth-order valence-corrected chi connectivity index (χ4v) is 5.34. The van der Waals surface area contributed by atoms with Crippen LogP contribution in [0.2, 0.25) is 0 Å². The van der Waals surface area contributed by atoms with Crippen molar-refractivity contribution in [3.8, 4) is 22.5 Å². The molecule has 53 heavy (non-hydrogen) atoms. The Labute approximate surface area is 291 Å². The molecular formula is C35H22F6N4O8. The summed E-state index contributed by atoms with van der Waals surface area (Å²) in [6.07, 6.45) is -9.19. The predicted molar refractivity (Wildman–Crippen MR) is 179 cm³/mol. The van der Waals surface area contributed by atoms with E-state index in [2.05, 4.69) is 9.97 Å². The lowest BCUT2D eigenvalue weighted by atomic mass is 10.0. The molecule has 0 unspecified atom stereocenters. The number of aromatic nitrogens is 2. The number of non-ortho nitro benzene ring substituents is 2. The van der Waals surface area contributed by atoms with Gasteiger partial charge in [0, 0.05) is 23.9 Å². The van der Waals surface area contributed by atoms with E-state index in [1.54, 1.807) is 0 Å². The normalized spacial score (nSPS) is 11.5. The number of hydrogen-bond donors (Lipinski definition) is 2. The first-order chi connectivity index (χ1) is 24.9. The highest BCUT2D eigenvalue weighted by Crippen LogP contribution is 2.35. The number of pyridine rings is 2. The summed E-state index contributed by atoms with van der Waals surface area (Å²) < 4.78 is 82.7. The van der Waals surface area contributed by atoms with E-state index in [1.807, 2.05) is 0 Å². The summed E-state index contributed by atoms with van der Waals surface area (Å²) in [7, 11) is 0. The van der Waals surface area contributed by atoms with Gasteiger partial charge >= 0.3 is 18.3 Å². The SMILES string of the molecule is CCOC(=O)c1c(-c2cccc(C(F)(F)F)c2)[nH]c2c([N+](=O)[O-])cccc2c1=O.O=c1cc(-c2cccc(C(F)(F)F)c2)[nH]c2c([N+](=O)[O-])cccc12. The van der Waals surface area contributed by atoms with Gasteiger partial charge in [0.2, 0.25) is 5.43 Å². The van der Waals surface area contributed by atoms with Crippen molar-refractivity contribution in [1.82, 2.24) is 9.97 Å². The van der Waals surface area contributed by atoms with Crippen molar-refractivity contribution in [2.24, 2.45) is 0 Å². The summed E-state index contributed by atoms with van der Waals surface area (Å²) in [4.78, 5) is 63.8. The van der Waals surface area contributed by atoms with E-state index in [1.165, 1.54) is 55.5 Å². The first-order valence-electron chi connectivity index (χ1n) is 15.1. The van der Waals surface area contributed by atoms with Gasteiger partial charge in [-0.3, -0.25) is 29.8 Å². The molecule has 2 aromatic heterocycles. The number of H-pyrrole nitrogens is 2. The van der Waals surface area contributed by atoms with Gasteiger partial charge in [0.15, 0.2) is 5.43 Å². The molecule has 0 fully saturated rings. The minimum Gasteiger partial charge on any atom is -0.462 e. The van der Waals surface area contributed by atoms with Crippen LogP contribution in [0.4, 0.5) is 37.7 Å². The van der Waals surface area contributed by atoms with Crippen LogP contribution < -0.4 is 10.9 Å². The number of carbonyl (C=O) groups is 1. The van der Waals surface area contributed by atoms with Gasteiger partial charge in [-0.05, 0) is 54.4 Å². The number of para-hydroxylation sites is 2. The van der Waals surface area contributed by atoms with Crippen LogP contribution >= 0.6 is 0 Å². The van der Waals surface area contributed by atoms with E-state index < -0.39 is 61.4 Å². The summed E-state index contributed by atoms with van der Waals surface area (Å²) in [5, 5.41) is 22.4. The highest BCUT2D eigenvalue weighted by Gasteiger charge is 2.32. The third kappa shape index (κ3) is 7.75. The number of nitrogens with one attached hydrogen (secondary N) is 2. The number of esters is 1. The lowest BCUT2D eigenvalue weighted by Gasteiger charge is -2.13. The van der Waals surface area contributed by atoms with Crippen molar-refractivity contribution < 1.29 is 45.7 Å². The molecule has 0 aliphatic carbocycles. The zero-order valence-corrected chi connectivity index (χ0v) is 26.8. The minimum absolute atomic E-state index is 0.0255. The van der Waals surface area contributed by atoms with Crippen molar-refractivity contribution in [3.63, 3.8) is 0 Å². The van der Waals surface area contributed by atoms with Crippen LogP contribution in [0.15, 0.2) is 101 Å². The zero-order chi connectivity index (χ0) is 38.8. The molecule has 18 heteroatoms. The molecule has 0 atom stereocenters. The highest BCUT2D eigenvalue weighted by atomic mass is 19.4. The number of fused-ring (bicyclic) bond motifs is 2. The third-order valence-corrected chi connectivity index (χ3v) is 7.71. The first kappa shape index (κ1) is 37.4. The second-order valence-corrected chi connectivity index (χ2v) is 11.0. The Kier molecular flexibility index (Phi) is 10.2. The van der Waals surface area contributed by atoms with Crippen molar-refractivity contribution in [2.75, 3.05) is 6.61 Å². The molecule has 2 heterocycles. The van der Waals surface area contributed by atoms with Crippen LogP contribution in [-0.4, -0.2) is 32.4 Å².